The first-order valence-corrected chi connectivity index (χ1v) is 10.2. The number of sulfone groups is 1. The number of nitrogens with zero attached hydrogens (tertiary/aromatic N) is 2. The maximum atomic E-state index is 12.7. The van der Waals surface area contributed by atoms with Gasteiger partial charge in [-0.1, -0.05) is 6.07 Å². The Morgan fingerprint density at radius 1 is 1.38 bits per heavy atom. The highest BCUT2D eigenvalue weighted by Gasteiger charge is 2.63. The van der Waals surface area contributed by atoms with Crippen LogP contribution in [0.3, 0.4) is 0 Å². The van der Waals surface area contributed by atoms with Crippen LogP contribution in [0.1, 0.15) is 22.5 Å². The molecule has 138 valence electrons. The van der Waals surface area contributed by atoms with Crippen LogP contribution in [0, 0.1) is 12.8 Å². The van der Waals surface area contributed by atoms with Gasteiger partial charge in [-0.2, -0.15) is 0 Å². The lowest BCUT2D eigenvalue weighted by atomic mass is 9.83. The van der Waals surface area contributed by atoms with Crippen molar-refractivity contribution in [1.82, 2.24) is 9.88 Å². The van der Waals surface area contributed by atoms with Gasteiger partial charge in [0.25, 0.3) is 5.91 Å². The fourth-order valence-electron chi connectivity index (χ4n) is 3.81. The van der Waals surface area contributed by atoms with Crippen LogP contribution in [-0.4, -0.2) is 54.4 Å². The molecule has 2 fully saturated rings. The third-order valence-corrected chi connectivity index (χ3v) is 8.03. The smallest absolute Gasteiger partial charge is 0.289 e. The molecule has 0 unspecified atom stereocenters. The highest BCUT2D eigenvalue weighted by atomic mass is 32.2. The lowest BCUT2D eigenvalue weighted by Crippen LogP contribution is -2.69. The molecule has 0 saturated carbocycles. The van der Waals surface area contributed by atoms with E-state index in [4.69, 9.17) is 9.15 Å². The average molecular weight is 376 g/mol. The number of likely N-dealkylation sites (tertiary alicyclic amines) is 1. The van der Waals surface area contributed by atoms with E-state index < -0.39 is 14.6 Å². The first kappa shape index (κ1) is 17.1. The fraction of sp³-hybridized carbons (Fsp3) is 0.444. The minimum atomic E-state index is -3.27. The first-order chi connectivity index (χ1) is 12.4. The zero-order valence-corrected chi connectivity index (χ0v) is 15.2. The number of amides is 1. The average Bonchev–Trinajstić information content (AvgIpc) is 3.12. The summed E-state index contributed by atoms with van der Waals surface area (Å²) >= 11 is 0. The van der Waals surface area contributed by atoms with Gasteiger partial charge in [-0.25, -0.2) is 13.4 Å². The summed E-state index contributed by atoms with van der Waals surface area (Å²) in [5.41, 5.74) is 0.750. The number of rotatable bonds is 4. The van der Waals surface area contributed by atoms with E-state index in [1.54, 1.807) is 36.2 Å². The lowest BCUT2D eigenvalue weighted by Gasteiger charge is -2.49. The number of ether oxygens (including phenoxy) is 1. The second kappa shape index (κ2) is 6.12. The molecule has 2 aliphatic rings. The Kier molecular flexibility index (Phi) is 4.02. The molecule has 0 bridgehead atoms. The molecule has 2 aromatic heterocycles. The van der Waals surface area contributed by atoms with Crippen LogP contribution in [0.15, 0.2) is 41.1 Å². The summed E-state index contributed by atoms with van der Waals surface area (Å²) < 4.78 is 35.4. The number of aryl methyl sites for hydroxylation is 1. The Balaban J connectivity index is 1.48. The zero-order valence-electron chi connectivity index (χ0n) is 14.4. The fourth-order valence-corrected chi connectivity index (χ4v) is 6.21. The monoisotopic (exact) mass is 376 g/mol. The summed E-state index contributed by atoms with van der Waals surface area (Å²) in [6, 6.07) is 7.07. The number of furan rings is 1. The van der Waals surface area contributed by atoms with Crippen molar-refractivity contribution >= 4 is 15.7 Å². The normalized spacial score (nSPS) is 23.0. The van der Waals surface area contributed by atoms with E-state index in [0.717, 1.165) is 5.56 Å². The highest BCUT2D eigenvalue weighted by molar-refractivity contribution is 7.93. The standard InChI is InChI=1S/C18H20N2O5S/c1-13-5-8-24-16(13)17(21)20-11-18(12-20)14(6-9-26(18,22)23)10-25-15-4-2-3-7-19-15/h2-5,7-8,14H,6,9-12H2,1H3/t14-/m0/s1. The third kappa shape index (κ3) is 2.59. The van der Waals surface area contributed by atoms with Crippen molar-refractivity contribution in [3.05, 3.63) is 48.0 Å². The van der Waals surface area contributed by atoms with Crippen molar-refractivity contribution in [3.8, 4) is 5.88 Å². The molecule has 8 heteroatoms. The van der Waals surface area contributed by atoms with Gasteiger partial charge < -0.3 is 14.1 Å². The molecule has 0 radical (unpaired) electrons. The van der Waals surface area contributed by atoms with Crippen LogP contribution in [-0.2, 0) is 9.84 Å². The van der Waals surface area contributed by atoms with Gasteiger partial charge in [0.05, 0.1) is 18.6 Å². The summed E-state index contributed by atoms with van der Waals surface area (Å²) in [6.45, 7) is 2.44. The molecule has 4 rings (SSSR count). The van der Waals surface area contributed by atoms with Gasteiger partial charge in [0, 0.05) is 36.8 Å². The van der Waals surface area contributed by atoms with Gasteiger partial charge in [0.2, 0.25) is 5.88 Å². The zero-order chi connectivity index (χ0) is 18.4. The number of hydrogen-bond donors (Lipinski definition) is 0. The summed E-state index contributed by atoms with van der Waals surface area (Å²) in [5.74, 6) is 0.466. The molecule has 1 amide bonds. The second-order valence-corrected chi connectivity index (χ2v) is 9.39. The van der Waals surface area contributed by atoms with Gasteiger partial charge in [-0.3, -0.25) is 4.79 Å². The number of carbonyl (C=O) groups is 1. The van der Waals surface area contributed by atoms with Crippen molar-refractivity contribution in [2.45, 2.75) is 18.1 Å². The van der Waals surface area contributed by atoms with Crippen LogP contribution < -0.4 is 4.74 Å². The topological polar surface area (TPSA) is 89.7 Å². The molecule has 1 spiro atoms. The van der Waals surface area contributed by atoms with Crippen molar-refractivity contribution in [2.75, 3.05) is 25.4 Å². The minimum absolute atomic E-state index is 0.130. The van der Waals surface area contributed by atoms with Crippen LogP contribution in [0.2, 0.25) is 0 Å². The van der Waals surface area contributed by atoms with Gasteiger partial charge in [0.15, 0.2) is 15.6 Å². The highest BCUT2D eigenvalue weighted by Crippen LogP contribution is 2.45. The molecule has 2 saturated heterocycles. The maximum absolute atomic E-state index is 12.7. The molecule has 4 heterocycles. The van der Waals surface area contributed by atoms with E-state index in [1.165, 1.54) is 6.26 Å². The molecule has 2 aliphatic heterocycles. The number of pyridine rings is 1. The predicted octanol–water partition coefficient (Wildman–Crippen LogP) is 1.69. The summed E-state index contributed by atoms with van der Waals surface area (Å²) in [6.07, 6.45) is 3.64. The Hall–Kier alpha value is -2.35. The predicted molar refractivity (Wildman–Crippen MR) is 93.7 cm³/mol. The quantitative estimate of drug-likeness (QED) is 0.807. The van der Waals surface area contributed by atoms with E-state index in [9.17, 15) is 13.2 Å². The number of aromatic nitrogens is 1. The molecule has 0 aromatic carbocycles. The molecule has 26 heavy (non-hydrogen) atoms. The Labute approximate surface area is 151 Å². The molecule has 1 atom stereocenters. The molecule has 0 aliphatic carbocycles. The van der Waals surface area contributed by atoms with Gasteiger partial charge in [0.1, 0.15) is 4.75 Å². The van der Waals surface area contributed by atoms with Crippen LogP contribution >= 0.6 is 0 Å². The Morgan fingerprint density at radius 3 is 2.85 bits per heavy atom. The second-order valence-electron chi connectivity index (χ2n) is 6.94. The van der Waals surface area contributed by atoms with E-state index in [-0.39, 0.29) is 43.0 Å². The molecule has 0 N–H and O–H groups in total. The number of carbonyl (C=O) groups excluding carboxylic acids is 1. The van der Waals surface area contributed by atoms with Gasteiger partial charge in [-0.15, -0.1) is 0 Å². The Bertz CT molecular complexity index is 916. The van der Waals surface area contributed by atoms with Crippen molar-refractivity contribution in [1.29, 1.82) is 0 Å². The maximum Gasteiger partial charge on any atom is 0.289 e. The van der Waals surface area contributed by atoms with Gasteiger partial charge >= 0.3 is 0 Å². The lowest BCUT2D eigenvalue weighted by molar-refractivity contribution is 0.0378. The van der Waals surface area contributed by atoms with E-state index in [2.05, 4.69) is 4.98 Å². The van der Waals surface area contributed by atoms with Crippen molar-refractivity contribution in [2.24, 2.45) is 5.92 Å². The summed E-state index contributed by atoms with van der Waals surface area (Å²) in [5, 5.41) is 0. The van der Waals surface area contributed by atoms with Crippen molar-refractivity contribution < 1.29 is 22.4 Å². The van der Waals surface area contributed by atoms with E-state index >= 15 is 0 Å². The minimum Gasteiger partial charge on any atom is -0.477 e. The van der Waals surface area contributed by atoms with Crippen molar-refractivity contribution in [3.63, 3.8) is 0 Å². The van der Waals surface area contributed by atoms with Crippen LogP contribution in [0.5, 0.6) is 5.88 Å². The molecular formula is C18H20N2O5S. The summed E-state index contributed by atoms with van der Waals surface area (Å²) in [7, 11) is -3.27. The van der Waals surface area contributed by atoms with Gasteiger partial charge in [-0.05, 0) is 25.5 Å². The molecule has 7 nitrogen and oxygen atoms in total. The van der Waals surface area contributed by atoms with Crippen LogP contribution in [0.25, 0.3) is 0 Å². The SMILES string of the molecule is Cc1ccoc1C(=O)N1CC2(C1)[C@H](COc1ccccn1)CCS2(=O)=O. The third-order valence-electron chi connectivity index (χ3n) is 5.43. The van der Waals surface area contributed by atoms with Crippen LogP contribution in [0.4, 0.5) is 0 Å². The van der Waals surface area contributed by atoms with E-state index in [0.29, 0.717) is 12.3 Å². The Morgan fingerprint density at radius 2 is 2.19 bits per heavy atom. The first-order valence-electron chi connectivity index (χ1n) is 8.52. The largest absolute Gasteiger partial charge is 0.477 e. The number of hydrogen-bond acceptors (Lipinski definition) is 6. The van der Waals surface area contributed by atoms with E-state index in [1.807, 2.05) is 6.07 Å². The summed E-state index contributed by atoms with van der Waals surface area (Å²) in [4.78, 5) is 18.2. The molecular weight excluding hydrogens is 356 g/mol. The molecule has 2 aromatic rings.